The number of ether oxygens (including phenoxy) is 1. The fraction of sp³-hybridized carbons (Fsp3) is 0.241. The van der Waals surface area contributed by atoms with Crippen molar-refractivity contribution < 1.29 is 4.74 Å². The fourth-order valence-electron chi connectivity index (χ4n) is 3.76. The summed E-state index contributed by atoms with van der Waals surface area (Å²) in [5, 5.41) is 2.62. The lowest BCUT2D eigenvalue weighted by atomic mass is 9.97. The second kappa shape index (κ2) is 9.28. The summed E-state index contributed by atoms with van der Waals surface area (Å²) in [5.41, 5.74) is 7.94. The van der Waals surface area contributed by atoms with E-state index in [1.807, 2.05) is 0 Å². The molecule has 0 heterocycles. The SMILES string of the molecule is Cc1ccc(Cc2ccc3cc(Cc4ccc(COC(C)C)cc4)ccc3c2)cc1. The van der Waals surface area contributed by atoms with Crippen LogP contribution < -0.4 is 0 Å². The summed E-state index contributed by atoms with van der Waals surface area (Å²) in [6, 6.07) is 31.3. The molecular formula is C29H30O. The van der Waals surface area contributed by atoms with E-state index in [2.05, 4.69) is 106 Å². The Balaban J connectivity index is 1.45. The first-order valence-electron chi connectivity index (χ1n) is 10.8. The van der Waals surface area contributed by atoms with Gasteiger partial charge in [0.1, 0.15) is 0 Å². The van der Waals surface area contributed by atoms with Gasteiger partial charge in [-0.15, -0.1) is 0 Å². The molecule has 4 aromatic carbocycles. The number of aryl methyl sites for hydroxylation is 1. The van der Waals surface area contributed by atoms with Gasteiger partial charge in [0, 0.05) is 0 Å². The van der Waals surface area contributed by atoms with Crippen LogP contribution >= 0.6 is 0 Å². The van der Waals surface area contributed by atoms with Crippen LogP contribution in [0.3, 0.4) is 0 Å². The molecule has 0 atom stereocenters. The highest BCUT2D eigenvalue weighted by atomic mass is 16.5. The van der Waals surface area contributed by atoms with Gasteiger partial charge in [-0.25, -0.2) is 0 Å². The number of hydrogen-bond donors (Lipinski definition) is 0. The monoisotopic (exact) mass is 394 g/mol. The van der Waals surface area contributed by atoms with Crippen molar-refractivity contribution in [3.05, 3.63) is 118 Å². The highest BCUT2D eigenvalue weighted by Crippen LogP contribution is 2.22. The first-order valence-corrected chi connectivity index (χ1v) is 10.8. The molecule has 0 saturated heterocycles. The van der Waals surface area contributed by atoms with Gasteiger partial charge < -0.3 is 4.74 Å². The number of rotatable bonds is 7. The molecule has 152 valence electrons. The van der Waals surface area contributed by atoms with Gasteiger partial charge in [0.25, 0.3) is 0 Å². The maximum absolute atomic E-state index is 5.69. The van der Waals surface area contributed by atoms with E-state index in [9.17, 15) is 0 Å². The Morgan fingerprint density at radius 1 is 0.567 bits per heavy atom. The van der Waals surface area contributed by atoms with Gasteiger partial charge in [-0.2, -0.15) is 0 Å². The predicted octanol–water partition coefficient (Wildman–Crippen LogP) is 7.25. The minimum atomic E-state index is 0.264. The van der Waals surface area contributed by atoms with E-state index in [1.54, 1.807) is 0 Å². The number of benzene rings is 4. The summed E-state index contributed by atoms with van der Waals surface area (Å²) in [4.78, 5) is 0. The van der Waals surface area contributed by atoms with Crippen molar-refractivity contribution in [2.45, 2.75) is 46.3 Å². The Morgan fingerprint density at radius 3 is 1.50 bits per heavy atom. The van der Waals surface area contributed by atoms with Crippen LogP contribution in [0.4, 0.5) is 0 Å². The first-order chi connectivity index (χ1) is 14.5. The zero-order valence-electron chi connectivity index (χ0n) is 18.2. The van der Waals surface area contributed by atoms with E-state index in [4.69, 9.17) is 4.74 Å². The smallest absolute Gasteiger partial charge is 0.0720 e. The van der Waals surface area contributed by atoms with Gasteiger partial charge in [0.15, 0.2) is 0 Å². The molecule has 0 spiro atoms. The van der Waals surface area contributed by atoms with Crippen LogP contribution in [-0.2, 0) is 24.2 Å². The molecule has 0 N–H and O–H groups in total. The molecule has 0 aliphatic heterocycles. The maximum Gasteiger partial charge on any atom is 0.0720 e. The zero-order valence-corrected chi connectivity index (χ0v) is 18.2. The van der Waals surface area contributed by atoms with Crippen molar-refractivity contribution in [1.29, 1.82) is 0 Å². The van der Waals surface area contributed by atoms with Crippen molar-refractivity contribution in [1.82, 2.24) is 0 Å². The molecule has 4 rings (SSSR count). The number of hydrogen-bond acceptors (Lipinski definition) is 1. The van der Waals surface area contributed by atoms with Gasteiger partial charge in [-0.1, -0.05) is 90.5 Å². The Labute approximate surface area is 180 Å². The molecule has 30 heavy (non-hydrogen) atoms. The van der Waals surface area contributed by atoms with Crippen LogP contribution in [0.1, 0.15) is 47.2 Å². The quantitative estimate of drug-likeness (QED) is 0.321. The third kappa shape index (κ3) is 5.37. The molecule has 0 unspecified atom stereocenters. The highest BCUT2D eigenvalue weighted by Gasteiger charge is 2.03. The van der Waals surface area contributed by atoms with Crippen LogP contribution in [0.25, 0.3) is 10.8 Å². The van der Waals surface area contributed by atoms with Crippen LogP contribution in [0.5, 0.6) is 0 Å². The van der Waals surface area contributed by atoms with E-state index in [0.29, 0.717) is 6.61 Å². The van der Waals surface area contributed by atoms with E-state index in [-0.39, 0.29) is 6.10 Å². The lowest BCUT2D eigenvalue weighted by Crippen LogP contribution is -2.02. The topological polar surface area (TPSA) is 9.23 Å². The average Bonchev–Trinajstić information content (AvgIpc) is 2.75. The van der Waals surface area contributed by atoms with Crippen LogP contribution in [-0.4, -0.2) is 6.10 Å². The van der Waals surface area contributed by atoms with Crippen LogP contribution in [0, 0.1) is 6.92 Å². The summed E-state index contributed by atoms with van der Waals surface area (Å²) in [7, 11) is 0. The van der Waals surface area contributed by atoms with Gasteiger partial charge in [-0.3, -0.25) is 0 Å². The second-order valence-electron chi connectivity index (χ2n) is 8.53. The summed E-state index contributed by atoms with van der Waals surface area (Å²) in [6.45, 7) is 6.95. The lowest BCUT2D eigenvalue weighted by Gasteiger charge is -2.09. The molecule has 4 aromatic rings. The van der Waals surface area contributed by atoms with E-state index in [0.717, 1.165) is 12.8 Å². The third-order valence-corrected chi connectivity index (χ3v) is 5.51. The van der Waals surface area contributed by atoms with E-state index >= 15 is 0 Å². The molecular weight excluding hydrogens is 364 g/mol. The molecule has 0 amide bonds. The van der Waals surface area contributed by atoms with E-state index in [1.165, 1.54) is 44.2 Å². The van der Waals surface area contributed by atoms with Crippen molar-refractivity contribution in [2.24, 2.45) is 0 Å². The summed E-state index contributed by atoms with van der Waals surface area (Å²) in [6.07, 6.45) is 2.19. The molecule has 1 nitrogen and oxygen atoms in total. The molecule has 0 bridgehead atoms. The zero-order chi connectivity index (χ0) is 20.9. The highest BCUT2D eigenvalue weighted by molar-refractivity contribution is 5.84. The van der Waals surface area contributed by atoms with Crippen LogP contribution in [0.2, 0.25) is 0 Å². The molecule has 0 fully saturated rings. The van der Waals surface area contributed by atoms with Crippen molar-refractivity contribution in [2.75, 3.05) is 0 Å². The van der Waals surface area contributed by atoms with Gasteiger partial charge in [-0.05, 0) is 72.2 Å². The normalized spacial score (nSPS) is 11.3. The second-order valence-corrected chi connectivity index (χ2v) is 8.53. The van der Waals surface area contributed by atoms with Crippen molar-refractivity contribution in [3.63, 3.8) is 0 Å². The Morgan fingerprint density at radius 2 is 1.00 bits per heavy atom. The summed E-state index contributed by atoms with van der Waals surface area (Å²) >= 11 is 0. The van der Waals surface area contributed by atoms with Gasteiger partial charge >= 0.3 is 0 Å². The maximum atomic E-state index is 5.69. The van der Waals surface area contributed by atoms with Crippen LogP contribution in [0.15, 0.2) is 84.9 Å². The van der Waals surface area contributed by atoms with Crippen molar-refractivity contribution in [3.8, 4) is 0 Å². The molecule has 0 aliphatic rings. The van der Waals surface area contributed by atoms with Gasteiger partial charge in [0.2, 0.25) is 0 Å². The Bertz CT molecular complexity index is 1110. The predicted molar refractivity (Wildman–Crippen MR) is 127 cm³/mol. The molecule has 0 radical (unpaired) electrons. The lowest BCUT2D eigenvalue weighted by molar-refractivity contribution is 0.0657. The minimum Gasteiger partial charge on any atom is -0.374 e. The Kier molecular flexibility index (Phi) is 6.30. The Hall–Kier alpha value is -2.90. The third-order valence-electron chi connectivity index (χ3n) is 5.51. The fourth-order valence-corrected chi connectivity index (χ4v) is 3.76. The van der Waals surface area contributed by atoms with E-state index < -0.39 is 0 Å². The summed E-state index contributed by atoms with van der Waals surface area (Å²) < 4.78 is 5.69. The molecule has 1 heteroatoms. The average molecular weight is 395 g/mol. The minimum absolute atomic E-state index is 0.264. The molecule has 0 saturated carbocycles. The largest absolute Gasteiger partial charge is 0.374 e. The summed E-state index contributed by atoms with van der Waals surface area (Å²) in [5.74, 6) is 0. The molecule has 0 aromatic heterocycles. The first kappa shape index (κ1) is 20.4. The standard InChI is InChI=1S/C29H30O/c1-21(2)30-20-25-10-8-24(9-11-25)17-27-13-15-28-18-26(12-14-29(28)19-27)16-23-6-4-22(3)5-7-23/h4-15,18-19,21H,16-17,20H2,1-3H3. The molecule has 0 aliphatic carbocycles. The van der Waals surface area contributed by atoms with Gasteiger partial charge in [0.05, 0.1) is 12.7 Å². The van der Waals surface area contributed by atoms with Crippen molar-refractivity contribution >= 4 is 10.8 Å². The number of fused-ring (bicyclic) bond motifs is 1.